The highest BCUT2D eigenvalue weighted by atomic mass is 15.3. The molecule has 22 heavy (non-hydrogen) atoms. The molecule has 1 saturated heterocycles. The number of nitrogens with zero attached hydrogens (tertiary/aromatic N) is 5. The Morgan fingerprint density at radius 3 is 2.73 bits per heavy atom. The van der Waals surface area contributed by atoms with Crippen LogP contribution in [0.5, 0.6) is 0 Å². The topological polar surface area (TPSA) is 57.7 Å². The van der Waals surface area contributed by atoms with Gasteiger partial charge in [0.15, 0.2) is 0 Å². The standard InChI is InChI=1S/C17H21N5/c1-13-10-14(2)20-17(16(13)11-18)21-8-4-15(5-9-21)12-22-7-3-6-19-22/h3,6-7,10,15H,4-5,8-9,12H2,1-2H3. The lowest BCUT2D eigenvalue weighted by Crippen LogP contribution is -2.36. The van der Waals surface area contributed by atoms with Gasteiger partial charge in [-0.05, 0) is 50.3 Å². The van der Waals surface area contributed by atoms with E-state index in [0.717, 1.165) is 55.1 Å². The fourth-order valence-corrected chi connectivity index (χ4v) is 3.18. The third kappa shape index (κ3) is 2.96. The zero-order valence-corrected chi connectivity index (χ0v) is 13.2. The molecule has 0 spiro atoms. The fourth-order valence-electron chi connectivity index (χ4n) is 3.18. The zero-order chi connectivity index (χ0) is 15.5. The molecule has 3 rings (SSSR count). The molecule has 5 heteroatoms. The van der Waals surface area contributed by atoms with E-state index in [1.54, 1.807) is 0 Å². The number of pyridine rings is 1. The Balaban J connectivity index is 1.70. The Morgan fingerprint density at radius 1 is 1.32 bits per heavy atom. The molecule has 1 fully saturated rings. The van der Waals surface area contributed by atoms with Crippen LogP contribution < -0.4 is 4.90 Å². The molecule has 0 unspecified atom stereocenters. The molecule has 0 saturated carbocycles. The van der Waals surface area contributed by atoms with Gasteiger partial charge in [-0.1, -0.05) is 0 Å². The van der Waals surface area contributed by atoms with Gasteiger partial charge in [0.2, 0.25) is 0 Å². The molecule has 0 amide bonds. The van der Waals surface area contributed by atoms with Crippen LogP contribution in [-0.2, 0) is 6.54 Å². The van der Waals surface area contributed by atoms with E-state index in [2.05, 4.69) is 21.1 Å². The Morgan fingerprint density at radius 2 is 2.09 bits per heavy atom. The van der Waals surface area contributed by atoms with Gasteiger partial charge in [-0.3, -0.25) is 4.68 Å². The van der Waals surface area contributed by atoms with E-state index in [0.29, 0.717) is 5.92 Å². The van der Waals surface area contributed by atoms with Crippen molar-refractivity contribution in [2.45, 2.75) is 33.2 Å². The second-order valence-corrected chi connectivity index (χ2v) is 6.05. The number of anilines is 1. The molecule has 0 aromatic carbocycles. The summed E-state index contributed by atoms with van der Waals surface area (Å²) in [5, 5.41) is 13.7. The van der Waals surface area contributed by atoms with Gasteiger partial charge in [-0.25, -0.2) is 4.98 Å². The maximum atomic E-state index is 9.42. The summed E-state index contributed by atoms with van der Waals surface area (Å²) in [7, 11) is 0. The van der Waals surface area contributed by atoms with Gasteiger partial charge in [-0.15, -0.1) is 0 Å². The van der Waals surface area contributed by atoms with Crippen molar-refractivity contribution in [3.63, 3.8) is 0 Å². The number of hydrogen-bond donors (Lipinski definition) is 0. The highest BCUT2D eigenvalue weighted by Gasteiger charge is 2.23. The summed E-state index contributed by atoms with van der Waals surface area (Å²) in [5.74, 6) is 1.50. The summed E-state index contributed by atoms with van der Waals surface area (Å²) in [6.45, 7) is 6.86. The van der Waals surface area contributed by atoms with Crippen molar-refractivity contribution in [1.29, 1.82) is 5.26 Å². The second kappa shape index (κ2) is 6.18. The third-order valence-corrected chi connectivity index (χ3v) is 4.36. The van der Waals surface area contributed by atoms with Crippen molar-refractivity contribution in [2.75, 3.05) is 18.0 Å². The van der Waals surface area contributed by atoms with E-state index in [4.69, 9.17) is 0 Å². The van der Waals surface area contributed by atoms with E-state index in [9.17, 15) is 5.26 Å². The maximum Gasteiger partial charge on any atom is 0.147 e. The summed E-state index contributed by atoms with van der Waals surface area (Å²) >= 11 is 0. The van der Waals surface area contributed by atoms with E-state index in [1.165, 1.54) is 0 Å². The lowest BCUT2D eigenvalue weighted by atomic mass is 9.96. The van der Waals surface area contributed by atoms with E-state index >= 15 is 0 Å². The van der Waals surface area contributed by atoms with E-state index < -0.39 is 0 Å². The molecule has 2 aromatic heterocycles. The number of aryl methyl sites for hydroxylation is 2. The van der Waals surface area contributed by atoms with Crippen molar-refractivity contribution in [3.8, 4) is 6.07 Å². The first kappa shape index (κ1) is 14.6. The van der Waals surface area contributed by atoms with Crippen LogP contribution in [-0.4, -0.2) is 27.9 Å². The molecule has 3 heterocycles. The average molecular weight is 295 g/mol. The van der Waals surface area contributed by atoms with Crippen LogP contribution in [0.2, 0.25) is 0 Å². The van der Waals surface area contributed by atoms with Crippen LogP contribution in [0.25, 0.3) is 0 Å². The Kier molecular flexibility index (Phi) is 4.10. The molecule has 0 radical (unpaired) electrons. The van der Waals surface area contributed by atoms with Gasteiger partial charge in [0.25, 0.3) is 0 Å². The van der Waals surface area contributed by atoms with Crippen molar-refractivity contribution >= 4 is 5.82 Å². The van der Waals surface area contributed by atoms with Gasteiger partial charge in [-0.2, -0.15) is 10.4 Å². The van der Waals surface area contributed by atoms with Gasteiger partial charge in [0.1, 0.15) is 11.9 Å². The number of hydrogen-bond acceptors (Lipinski definition) is 4. The van der Waals surface area contributed by atoms with Crippen LogP contribution in [0.4, 0.5) is 5.82 Å². The summed E-state index contributed by atoms with van der Waals surface area (Å²) in [6, 6.07) is 6.26. The molecule has 0 atom stereocenters. The van der Waals surface area contributed by atoms with Gasteiger partial charge >= 0.3 is 0 Å². The lowest BCUT2D eigenvalue weighted by molar-refractivity contribution is 0.341. The van der Waals surface area contributed by atoms with Crippen LogP contribution >= 0.6 is 0 Å². The minimum Gasteiger partial charge on any atom is -0.355 e. The van der Waals surface area contributed by atoms with Gasteiger partial charge in [0, 0.05) is 37.7 Å². The number of aromatic nitrogens is 3. The van der Waals surface area contributed by atoms with Gasteiger partial charge in [0.05, 0.1) is 5.56 Å². The van der Waals surface area contributed by atoms with Gasteiger partial charge < -0.3 is 4.90 Å². The largest absolute Gasteiger partial charge is 0.355 e. The minimum atomic E-state index is 0.646. The van der Waals surface area contributed by atoms with E-state index in [1.807, 2.05) is 43.1 Å². The summed E-state index contributed by atoms with van der Waals surface area (Å²) < 4.78 is 2.01. The SMILES string of the molecule is Cc1cc(C)c(C#N)c(N2CCC(Cn3cccn3)CC2)n1. The average Bonchev–Trinajstić information content (AvgIpc) is 3.00. The maximum absolute atomic E-state index is 9.42. The molecule has 1 aliphatic heterocycles. The summed E-state index contributed by atoms with van der Waals surface area (Å²) in [5.41, 5.74) is 2.71. The Bertz CT molecular complexity index is 676. The molecular weight excluding hydrogens is 274 g/mol. The normalized spacial score (nSPS) is 15.8. The van der Waals surface area contributed by atoms with E-state index in [-0.39, 0.29) is 0 Å². The zero-order valence-electron chi connectivity index (χ0n) is 13.2. The number of piperidine rings is 1. The predicted octanol–water partition coefficient (Wildman–Crippen LogP) is 2.68. The lowest BCUT2D eigenvalue weighted by Gasteiger charge is -2.33. The molecule has 0 aliphatic carbocycles. The molecule has 0 bridgehead atoms. The Labute approximate surface area is 131 Å². The third-order valence-electron chi connectivity index (χ3n) is 4.36. The predicted molar refractivity (Wildman–Crippen MR) is 85.6 cm³/mol. The molecule has 114 valence electrons. The minimum absolute atomic E-state index is 0.646. The quantitative estimate of drug-likeness (QED) is 0.873. The first-order chi connectivity index (χ1) is 10.7. The molecule has 5 nitrogen and oxygen atoms in total. The van der Waals surface area contributed by atoms with Crippen molar-refractivity contribution in [2.24, 2.45) is 5.92 Å². The monoisotopic (exact) mass is 295 g/mol. The molecule has 2 aromatic rings. The fraction of sp³-hybridized carbons (Fsp3) is 0.471. The highest BCUT2D eigenvalue weighted by molar-refractivity contribution is 5.58. The smallest absolute Gasteiger partial charge is 0.147 e. The Hall–Kier alpha value is -2.35. The van der Waals surface area contributed by atoms with Crippen molar-refractivity contribution < 1.29 is 0 Å². The molecule has 0 N–H and O–H groups in total. The highest BCUT2D eigenvalue weighted by Crippen LogP contribution is 2.27. The first-order valence-electron chi connectivity index (χ1n) is 7.78. The van der Waals surface area contributed by atoms with Crippen LogP contribution in [0.1, 0.15) is 29.7 Å². The van der Waals surface area contributed by atoms with Crippen LogP contribution in [0.15, 0.2) is 24.5 Å². The second-order valence-electron chi connectivity index (χ2n) is 6.05. The van der Waals surface area contributed by atoms with Crippen LogP contribution in [0.3, 0.4) is 0 Å². The van der Waals surface area contributed by atoms with Crippen molar-refractivity contribution in [3.05, 3.63) is 41.3 Å². The van der Waals surface area contributed by atoms with Crippen molar-refractivity contribution in [1.82, 2.24) is 14.8 Å². The van der Waals surface area contributed by atoms with Crippen LogP contribution in [0, 0.1) is 31.1 Å². The first-order valence-corrected chi connectivity index (χ1v) is 7.78. The summed E-state index contributed by atoms with van der Waals surface area (Å²) in [4.78, 5) is 6.88. The molecule has 1 aliphatic rings. The number of nitriles is 1. The summed E-state index contributed by atoms with van der Waals surface area (Å²) in [6.07, 6.45) is 6.07. The molecular formula is C17H21N5. The number of rotatable bonds is 3.